The fourth-order valence-electron chi connectivity index (χ4n) is 3.07. The Morgan fingerprint density at radius 3 is 2.20 bits per heavy atom. The topological polar surface area (TPSA) is 4.93 Å². The fourth-order valence-corrected chi connectivity index (χ4v) is 3.07. The molecule has 0 amide bonds. The molecule has 0 N–H and O–H groups in total. The smallest absolute Gasteiger partial charge is 0.0495 e. The second kappa shape index (κ2) is 4.24. The lowest BCUT2D eigenvalue weighted by Crippen LogP contribution is -1.86. The van der Waals surface area contributed by atoms with Gasteiger partial charge in [-0.15, -0.1) is 0 Å². The number of benzene rings is 3. The minimum Gasteiger partial charge on any atom is -0.344 e. The number of aromatic nitrogens is 1. The highest BCUT2D eigenvalue weighted by molar-refractivity contribution is 6.14. The van der Waals surface area contributed by atoms with Gasteiger partial charge in [-0.05, 0) is 23.3 Å². The molecule has 96 valence electrons. The largest absolute Gasteiger partial charge is 0.344 e. The number of aryl methyl sites for hydroxylation is 1. The Hall–Kier alpha value is -2.54. The van der Waals surface area contributed by atoms with Gasteiger partial charge in [0.2, 0.25) is 0 Å². The van der Waals surface area contributed by atoms with E-state index in [4.69, 9.17) is 0 Å². The van der Waals surface area contributed by atoms with Crippen LogP contribution in [0.3, 0.4) is 0 Å². The van der Waals surface area contributed by atoms with Crippen LogP contribution in [0.1, 0.15) is 0 Å². The van der Waals surface area contributed by atoms with Gasteiger partial charge >= 0.3 is 0 Å². The normalized spacial score (nSPS) is 11.2. The third-order valence-corrected chi connectivity index (χ3v) is 4.02. The quantitative estimate of drug-likeness (QED) is 0.452. The first-order chi connectivity index (χ1) is 9.86. The van der Waals surface area contributed by atoms with Crippen LogP contribution < -0.4 is 0 Å². The molecule has 0 bridgehead atoms. The van der Waals surface area contributed by atoms with Gasteiger partial charge < -0.3 is 4.57 Å². The Morgan fingerprint density at radius 1 is 0.650 bits per heavy atom. The Bertz CT molecular complexity index is 901. The predicted molar refractivity (Wildman–Crippen MR) is 85.9 cm³/mol. The summed E-state index contributed by atoms with van der Waals surface area (Å²) in [7, 11) is 2.14. The summed E-state index contributed by atoms with van der Waals surface area (Å²) < 4.78 is 2.27. The molecule has 1 heterocycles. The molecule has 1 heteroatoms. The first-order valence-corrected chi connectivity index (χ1v) is 6.88. The van der Waals surface area contributed by atoms with E-state index in [0.717, 1.165) is 0 Å². The van der Waals surface area contributed by atoms with Crippen LogP contribution in [0.2, 0.25) is 0 Å². The van der Waals surface area contributed by atoms with Gasteiger partial charge in [-0.2, -0.15) is 0 Å². The van der Waals surface area contributed by atoms with Crippen LogP contribution in [0.15, 0.2) is 72.8 Å². The molecule has 0 aliphatic heterocycles. The maximum Gasteiger partial charge on any atom is 0.0495 e. The molecule has 1 nitrogen and oxygen atoms in total. The molecule has 0 spiro atoms. The number of rotatable bonds is 1. The molecule has 0 aliphatic rings. The molecule has 0 fully saturated rings. The number of hydrogen-bond acceptors (Lipinski definition) is 0. The molecule has 20 heavy (non-hydrogen) atoms. The Kier molecular flexibility index (Phi) is 2.40. The lowest BCUT2D eigenvalue weighted by atomic mass is 10.00. The number of hydrogen-bond donors (Lipinski definition) is 0. The SMILES string of the molecule is Cn1c2ccccc2c2c(-c3ccccc3)cccc21. The zero-order chi connectivity index (χ0) is 13.5. The van der Waals surface area contributed by atoms with Crippen molar-refractivity contribution in [2.75, 3.05) is 0 Å². The van der Waals surface area contributed by atoms with Crippen molar-refractivity contribution in [3.63, 3.8) is 0 Å². The van der Waals surface area contributed by atoms with Gasteiger partial charge in [0.05, 0.1) is 0 Å². The van der Waals surface area contributed by atoms with Crippen LogP contribution in [0.4, 0.5) is 0 Å². The minimum atomic E-state index is 1.27. The van der Waals surface area contributed by atoms with Gasteiger partial charge in [0.15, 0.2) is 0 Å². The van der Waals surface area contributed by atoms with Gasteiger partial charge in [-0.1, -0.05) is 60.7 Å². The average Bonchev–Trinajstić information content (AvgIpc) is 2.82. The summed E-state index contributed by atoms with van der Waals surface area (Å²) >= 11 is 0. The van der Waals surface area contributed by atoms with E-state index in [2.05, 4.69) is 84.4 Å². The highest BCUT2D eigenvalue weighted by atomic mass is 14.9. The third kappa shape index (κ3) is 1.50. The van der Waals surface area contributed by atoms with E-state index >= 15 is 0 Å². The third-order valence-electron chi connectivity index (χ3n) is 4.02. The van der Waals surface area contributed by atoms with Crippen LogP contribution in [0.5, 0.6) is 0 Å². The van der Waals surface area contributed by atoms with Crippen LogP contribution >= 0.6 is 0 Å². The van der Waals surface area contributed by atoms with Crippen molar-refractivity contribution in [3.8, 4) is 11.1 Å². The summed E-state index contributed by atoms with van der Waals surface area (Å²) in [6.07, 6.45) is 0. The van der Waals surface area contributed by atoms with Crippen LogP contribution in [0.25, 0.3) is 32.9 Å². The molecule has 0 aliphatic carbocycles. The van der Waals surface area contributed by atoms with Crippen LogP contribution in [-0.2, 0) is 7.05 Å². The highest BCUT2D eigenvalue weighted by Gasteiger charge is 2.11. The lowest BCUT2D eigenvalue weighted by Gasteiger charge is -2.04. The predicted octanol–water partition coefficient (Wildman–Crippen LogP) is 5.00. The summed E-state index contributed by atoms with van der Waals surface area (Å²) in [5.41, 5.74) is 5.15. The van der Waals surface area contributed by atoms with E-state index in [-0.39, 0.29) is 0 Å². The second-order valence-electron chi connectivity index (χ2n) is 5.14. The molecular formula is C19H15N. The van der Waals surface area contributed by atoms with Crippen molar-refractivity contribution < 1.29 is 0 Å². The second-order valence-corrected chi connectivity index (χ2v) is 5.14. The van der Waals surface area contributed by atoms with Gasteiger partial charge in [-0.25, -0.2) is 0 Å². The van der Waals surface area contributed by atoms with E-state index in [1.807, 2.05) is 0 Å². The Morgan fingerprint density at radius 2 is 1.35 bits per heavy atom. The van der Waals surface area contributed by atoms with Crippen molar-refractivity contribution in [2.24, 2.45) is 7.05 Å². The first kappa shape index (κ1) is 11.3. The lowest BCUT2D eigenvalue weighted by molar-refractivity contribution is 1.01. The van der Waals surface area contributed by atoms with Crippen molar-refractivity contribution in [1.29, 1.82) is 0 Å². The van der Waals surface area contributed by atoms with Gasteiger partial charge in [0.25, 0.3) is 0 Å². The zero-order valence-electron chi connectivity index (χ0n) is 11.4. The molecule has 3 aromatic carbocycles. The van der Waals surface area contributed by atoms with Crippen LogP contribution in [0, 0.1) is 0 Å². The van der Waals surface area contributed by atoms with Crippen molar-refractivity contribution >= 4 is 21.8 Å². The average molecular weight is 257 g/mol. The molecule has 0 saturated heterocycles. The fraction of sp³-hybridized carbons (Fsp3) is 0.0526. The summed E-state index contributed by atoms with van der Waals surface area (Å²) in [6.45, 7) is 0. The minimum absolute atomic E-state index is 1.27. The van der Waals surface area contributed by atoms with Crippen molar-refractivity contribution in [1.82, 2.24) is 4.57 Å². The van der Waals surface area contributed by atoms with Gasteiger partial charge in [0.1, 0.15) is 0 Å². The number of nitrogens with zero attached hydrogens (tertiary/aromatic N) is 1. The maximum absolute atomic E-state index is 2.27. The molecule has 0 unspecified atom stereocenters. The van der Waals surface area contributed by atoms with E-state index in [9.17, 15) is 0 Å². The van der Waals surface area contributed by atoms with E-state index < -0.39 is 0 Å². The zero-order valence-corrected chi connectivity index (χ0v) is 11.4. The molecule has 0 saturated carbocycles. The van der Waals surface area contributed by atoms with Gasteiger partial charge in [-0.3, -0.25) is 0 Å². The summed E-state index contributed by atoms with van der Waals surface area (Å²) in [5, 5.41) is 2.67. The standard InChI is InChI=1S/C19H15N/c1-20-17-12-6-5-10-16(17)19-15(11-7-13-18(19)20)14-8-3-2-4-9-14/h2-13H,1H3. The molecule has 0 radical (unpaired) electrons. The number of para-hydroxylation sites is 1. The van der Waals surface area contributed by atoms with E-state index in [0.29, 0.717) is 0 Å². The van der Waals surface area contributed by atoms with Gasteiger partial charge in [0, 0.05) is 28.9 Å². The summed E-state index contributed by atoms with van der Waals surface area (Å²) in [5.74, 6) is 0. The van der Waals surface area contributed by atoms with Crippen molar-refractivity contribution in [3.05, 3.63) is 72.8 Å². The summed E-state index contributed by atoms with van der Waals surface area (Å²) in [6, 6.07) is 25.8. The molecule has 4 aromatic rings. The molecule has 0 atom stereocenters. The van der Waals surface area contributed by atoms with E-state index in [1.165, 1.54) is 32.9 Å². The monoisotopic (exact) mass is 257 g/mol. The molecular weight excluding hydrogens is 242 g/mol. The van der Waals surface area contributed by atoms with E-state index in [1.54, 1.807) is 0 Å². The molecule has 4 rings (SSSR count). The molecule has 1 aromatic heterocycles. The number of fused-ring (bicyclic) bond motifs is 3. The van der Waals surface area contributed by atoms with Crippen molar-refractivity contribution in [2.45, 2.75) is 0 Å². The Labute approximate surface area is 118 Å². The van der Waals surface area contributed by atoms with Crippen LogP contribution in [-0.4, -0.2) is 4.57 Å². The maximum atomic E-state index is 2.27. The Balaban J connectivity index is 2.21. The summed E-state index contributed by atoms with van der Waals surface area (Å²) in [4.78, 5) is 0. The first-order valence-electron chi connectivity index (χ1n) is 6.88. The highest BCUT2D eigenvalue weighted by Crippen LogP contribution is 2.35.